The summed E-state index contributed by atoms with van der Waals surface area (Å²) in [6, 6.07) is 4.00. The highest BCUT2D eigenvalue weighted by Crippen LogP contribution is 2.31. The highest BCUT2D eigenvalue weighted by Gasteiger charge is 2.32. The summed E-state index contributed by atoms with van der Waals surface area (Å²) < 4.78 is 5.79. The van der Waals surface area contributed by atoms with Crippen molar-refractivity contribution in [3.05, 3.63) is 18.3 Å². The molecule has 0 aromatic carbocycles. The molecule has 1 saturated heterocycles. The number of pyridine rings is 1. The van der Waals surface area contributed by atoms with E-state index in [2.05, 4.69) is 24.1 Å². The second-order valence-electron chi connectivity index (χ2n) is 6.39. The van der Waals surface area contributed by atoms with Crippen LogP contribution in [-0.2, 0) is 4.74 Å². The smallest absolute Gasteiger partial charge is 0.126 e. The summed E-state index contributed by atoms with van der Waals surface area (Å²) in [6.45, 7) is 6.96. The van der Waals surface area contributed by atoms with E-state index in [1.165, 1.54) is 0 Å². The van der Waals surface area contributed by atoms with Crippen molar-refractivity contribution in [3.8, 4) is 0 Å². The standard InChI is InChI=1S/C16H27N3O2/c1-16(2,14-5-4-10-21-14)12-18-15-7-6-13(11-17-15)19(3)8-9-20/h6-7,11,14,20H,4-5,8-10,12H2,1-3H3,(H,17,18). The number of nitrogens with one attached hydrogen (secondary N) is 1. The fraction of sp³-hybridized carbons (Fsp3) is 0.688. The Morgan fingerprint density at radius 3 is 2.86 bits per heavy atom. The van der Waals surface area contributed by atoms with Gasteiger partial charge < -0.3 is 20.1 Å². The van der Waals surface area contributed by atoms with Crippen LogP contribution in [0.3, 0.4) is 0 Å². The molecule has 1 aromatic rings. The summed E-state index contributed by atoms with van der Waals surface area (Å²) in [5.74, 6) is 0.877. The largest absolute Gasteiger partial charge is 0.395 e. The summed E-state index contributed by atoms with van der Waals surface area (Å²) in [5.41, 5.74) is 1.11. The Hall–Kier alpha value is -1.33. The van der Waals surface area contributed by atoms with E-state index < -0.39 is 0 Å². The second kappa shape index (κ2) is 7.09. The van der Waals surface area contributed by atoms with Crippen molar-refractivity contribution >= 4 is 11.5 Å². The fourth-order valence-electron chi connectivity index (χ4n) is 2.62. The predicted octanol–water partition coefficient (Wildman–Crippen LogP) is 2.13. The quantitative estimate of drug-likeness (QED) is 0.806. The lowest BCUT2D eigenvalue weighted by atomic mass is 9.85. The summed E-state index contributed by atoms with van der Waals surface area (Å²) in [7, 11) is 1.95. The third-order valence-electron chi connectivity index (χ3n) is 4.15. The molecule has 0 spiro atoms. The van der Waals surface area contributed by atoms with E-state index in [1.54, 1.807) is 0 Å². The van der Waals surface area contributed by atoms with Gasteiger partial charge in [0.15, 0.2) is 0 Å². The van der Waals surface area contributed by atoms with Crippen LogP contribution in [0.25, 0.3) is 0 Å². The van der Waals surface area contributed by atoms with E-state index >= 15 is 0 Å². The Balaban J connectivity index is 1.88. The van der Waals surface area contributed by atoms with E-state index in [1.807, 2.05) is 30.3 Å². The molecule has 0 radical (unpaired) electrons. The van der Waals surface area contributed by atoms with Crippen LogP contribution in [0.15, 0.2) is 18.3 Å². The van der Waals surface area contributed by atoms with Crippen LogP contribution in [0.1, 0.15) is 26.7 Å². The average Bonchev–Trinajstić information content (AvgIpc) is 3.01. The summed E-state index contributed by atoms with van der Waals surface area (Å²) in [4.78, 5) is 6.42. The number of ether oxygens (including phenoxy) is 1. The van der Waals surface area contributed by atoms with E-state index in [-0.39, 0.29) is 12.0 Å². The maximum atomic E-state index is 8.94. The second-order valence-corrected chi connectivity index (χ2v) is 6.39. The molecule has 1 unspecified atom stereocenters. The number of likely N-dealkylation sites (N-methyl/N-ethyl adjacent to an activating group) is 1. The van der Waals surface area contributed by atoms with Crippen molar-refractivity contribution < 1.29 is 9.84 Å². The average molecular weight is 293 g/mol. The lowest BCUT2D eigenvalue weighted by Gasteiger charge is -2.31. The molecule has 0 aliphatic carbocycles. The zero-order valence-corrected chi connectivity index (χ0v) is 13.3. The number of aliphatic hydroxyl groups excluding tert-OH is 1. The number of aromatic nitrogens is 1. The maximum absolute atomic E-state index is 8.94. The van der Waals surface area contributed by atoms with Crippen LogP contribution in [0.5, 0.6) is 0 Å². The van der Waals surface area contributed by atoms with Gasteiger partial charge in [0, 0.05) is 32.2 Å². The molecule has 1 aromatic heterocycles. The Bertz CT molecular complexity index is 428. The highest BCUT2D eigenvalue weighted by molar-refractivity contribution is 5.48. The number of aliphatic hydroxyl groups is 1. The van der Waals surface area contributed by atoms with Gasteiger partial charge in [0.05, 0.1) is 24.6 Å². The molecule has 5 heteroatoms. The van der Waals surface area contributed by atoms with Gasteiger partial charge in [-0.15, -0.1) is 0 Å². The first-order valence-electron chi connectivity index (χ1n) is 7.66. The van der Waals surface area contributed by atoms with E-state index in [9.17, 15) is 0 Å². The molecule has 5 nitrogen and oxygen atoms in total. The minimum Gasteiger partial charge on any atom is -0.395 e. The molecule has 0 saturated carbocycles. The topological polar surface area (TPSA) is 57.6 Å². The molecule has 118 valence electrons. The zero-order chi connectivity index (χ0) is 15.3. The van der Waals surface area contributed by atoms with Crippen molar-refractivity contribution in [1.82, 2.24) is 4.98 Å². The molecule has 1 fully saturated rings. The Labute approximate surface area is 127 Å². The highest BCUT2D eigenvalue weighted by atomic mass is 16.5. The monoisotopic (exact) mass is 293 g/mol. The van der Waals surface area contributed by atoms with Crippen molar-refractivity contribution in [2.24, 2.45) is 5.41 Å². The number of nitrogens with zero attached hydrogens (tertiary/aromatic N) is 2. The van der Waals surface area contributed by atoms with Crippen molar-refractivity contribution in [3.63, 3.8) is 0 Å². The molecule has 1 aliphatic rings. The molecule has 2 rings (SSSR count). The lowest BCUT2D eigenvalue weighted by molar-refractivity contribution is 0.0259. The zero-order valence-electron chi connectivity index (χ0n) is 13.3. The number of hydrogen-bond acceptors (Lipinski definition) is 5. The molecule has 1 aliphatic heterocycles. The van der Waals surface area contributed by atoms with Gasteiger partial charge in [-0.3, -0.25) is 0 Å². The minimum atomic E-state index is 0.102. The molecule has 21 heavy (non-hydrogen) atoms. The van der Waals surface area contributed by atoms with Gasteiger partial charge in [-0.1, -0.05) is 13.8 Å². The van der Waals surface area contributed by atoms with Gasteiger partial charge in [0.2, 0.25) is 0 Å². The fourth-order valence-corrected chi connectivity index (χ4v) is 2.62. The van der Waals surface area contributed by atoms with E-state index in [0.717, 1.165) is 37.5 Å². The predicted molar refractivity (Wildman–Crippen MR) is 85.8 cm³/mol. The van der Waals surface area contributed by atoms with Gasteiger partial charge in [0.1, 0.15) is 5.82 Å². The Morgan fingerprint density at radius 2 is 2.29 bits per heavy atom. The molecule has 0 amide bonds. The molecular formula is C16H27N3O2. The van der Waals surface area contributed by atoms with Crippen LogP contribution < -0.4 is 10.2 Å². The summed E-state index contributed by atoms with van der Waals surface area (Å²) in [6.07, 6.45) is 4.47. The summed E-state index contributed by atoms with van der Waals surface area (Å²) >= 11 is 0. The first-order valence-corrected chi connectivity index (χ1v) is 7.66. The van der Waals surface area contributed by atoms with Crippen LogP contribution in [-0.4, -0.2) is 49.5 Å². The van der Waals surface area contributed by atoms with Crippen molar-refractivity contribution in [1.29, 1.82) is 0 Å². The SMILES string of the molecule is CN(CCO)c1ccc(NCC(C)(C)C2CCCO2)nc1. The maximum Gasteiger partial charge on any atom is 0.126 e. The normalized spacial score (nSPS) is 18.8. The van der Waals surface area contributed by atoms with Crippen LogP contribution in [0, 0.1) is 5.41 Å². The van der Waals surface area contributed by atoms with Crippen molar-refractivity contribution in [2.75, 3.05) is 43.6 Å². The molecule has 2 N–H and O–H groups in total. The third-order valence-corrected chi connectivity index (χ3v) is 4.15. The molecule has 0 bridgehead atoms. The minimum absolute atomic E-state index is 0.102. The lowest BCUT2D eigenvalue weighted by Crippen LogP contribution is -2.35. The van der Waals surface area contributed by atoms with Crippen LogP contribution in [0.2, 0.25) is 0 Å². The number of hydrogen-bond donors (Lipinski definition) is 2. The number of rotatable bonds is 7. The van der Waals surface area contributed by atoms with Crippen LogP contribution >= 0.6 is 0 Å². The van der Waals surface area contributed by atoms with E-state index in [4.69, 9.17) is 9.84 Å². The molecule has 2 heterocycles. The molecular weight excluding hydrogens is 266 g/mol. The van der Waals surface area contributed by atoms with Crippen molar-refractivity contribution in [2.45, 2.75) is 32.8 Å². The van der Waals surface area contributed by atoms with Gasteiger partial charge in [-0.2, -0.15) is 0 Å². The molecule has 1 atom stereocenters. The Kier molecular flexibility index (Phi) is 5.42. The Morgan fingerprint density at radius 1 is 1.48 bits per heavy atom. The third kappa shape index (κ3) is 4.32. The van der Waals surface area contributed by atoms with E-state index in [0.29, 0.717) is 12.6 Å². The van der Waals surface area contributed by atoms with Gasteiger partial charge in [-0.25, -0.2) is 4.98 Å². The van der Waals surface area contributed by atoms with Gasteiger partial charge in [-0.05, 0) is 25.0 Å². The van der Waals surface area contributed by atoms with Crippen LogP contribution in [0.4, 0.5) is 11.5 Å². The first-order chi connectivity index (χ1) is 10.0. The number of anilines is 2. The van der Waals surface area contributed by atoms with Gasteiger partial charge >= 0.3 is 0 Å². The summed E-state index contributed by atoms with van der Waals surface area (Å²) in [5, 5.41) is 12.3. The first kappa shape index (κ1) is 16.0. The van der Waals surface area contributed by atoms with Gasteiger partial charge in [0.25, 0.3) is 0 Å².